The highest BCUT2D eigenvalue weighted by Gasteiger charge is 2.17. The molecule has 0 saturated heterocycles. The molecule has 0 bridgehead atoms. The average molecular weight is 315 g/mol. The van der Waals surface area contributed by atoms with E-state index in [9.17, 15) is 13.5 Å². The van der Waals surface area contributed by atoms with E-state index in [-0.39, 0.29) is 16.6 Å². The SMILES string of the molecule is CCOc1ccc(S(=O)(=O)Nc2nncs2)cc1CO. The zero-order valence-electron chi connectivity index (χ0n) is 10.6. The maximum Gasteiger partial charge on any atom is 0.263 e. The zero-order valence-corrected chi connectivity index (χ0v) is 12.2. The summed E-state index contributed by atoms with van der Waals surface area (Å²) < 4.78 is 31.9. The third kappa shape index (κ3) is 3.24. The fourth-order valence-corrected chi connectivity index (χ4v) is 3.28. The van der Waals surface area contributed by atoms with Gasteiger partial charge in [0.25, 0.3) is 10.0 Å². The van der Waals surface area contributed by atoms with Crippen LogP contribution in [0.25, 0.3) is 0 Å². The fourth-order valence-electron chi connectivity index (χ4n) is 1.53. The summed E-state index contributed by atoms with van der Waals surface area (Å²) in [5, 5.41) is 16.6. The molecule has 2 N–H and O–H groups in total. The van der Waals surface area contributed by atoms with Crippen molar-refractivity contribution in [2.45, 2.75) is 18.4 Å². The predicted molar refractivity (Wildman–Crippen MR) is 74.3 cm³/mol. The van der Waals surface area contributed by atoms with Crippen LogP contribution in [0.2, 0.25) is 0 Å². The predicted octanol–water partition coefficient (Wildman–Crippen LogP) is 1.23. The van der Waals surface area contributed by atoms with E-state index in [2.05, 4.69) is 14.9 Å². The van der Waals surface area contributed by atoms with Crippen molar-refractivity contribution in [2.75, 3.05) is 11.3 Å². The molecule has 108 valence electrons. The van der Waals surface area contributed by atoms with Crippen molar-refractivity contribution in [1.29, 1.82) is 0 Å². The van der Waals surface area contributed by atoms with Gasteiger partial charge in [0.2, 0.25) is 5.13 Å². The Kier molecular flexibility index (Phi) is 4.53. The van der Waals surface area contributed by atoms with Crippen molar-refractivity contribution in [3.63, 3.8) is 0 Å². The molecule has 0 unspecified atom stereocenters. The monoisotopic (exact) mass is 315 g/mol. The number of hydrogen-bond acceptors (Lipinski definition) is 7. The number of ether oxygens (including phenoxy) is 1. The summed E-state index contributed by atoms with van der Waals surface area (Å²) in [6.45, 7) is 1.93. The molecular weight excluding hydrogens is 302 g/mol. The second-order valence-corrected chi connectivity index (χ2v) is 6.23. The number of sulfonamides is 1. The maximum atomic E-state index is 12.1. The van der Waals surface area contributed by atoms with E-state index >= 15 is 0 Å². The highest BCUT2D eigenvalue weighted by atomic mass is 32.2. The Bertz CT molecular complexity index is 671. The van der Waals surface area contributed by atoms with Gasteiger partial charge in [-0.25, -0.2) is 8.42 Å². The fraction of sp³-hybridized carbons (Fsp3) is 0.273. The molecule has 0 atom stereocenters. The number of anilines is 1. The van der Waals surface area contributed by atoms with E-state index < -0.39 is 10.0 Å². The summed E-state index contributed by atoms with van der Waals surface area (Å²) in [4.78, 5) is 0.0280. The molecule has 1 heterocycles. The first-order chi connectivity index (χ1) is 9.56. The van der Waals surface area contributed by atoms with E-state index in [4.69, 9.17) is 4.74 Å². The van der Waals surface area contributed by atoms with E-state index in [1.54, 1.807) is 0 Å². The lowest BCUT2D eigenvalue weighted by atomic mass is 10.2. The summed E-state index contributed by atoms with van der Waals surface area (Å²) in [5.41, 5.74) is 1.84. The maximum absolute atomic E-state index is 12.1. The molecule has 7 nitrogen and oxygen atoms in total. The van der Waals surface area contributed by atoms with Gasteiger partial charge in [0.1, 0.15) is 11.3 Å². The van der Waals surface area contributed by atoms with E-state index in [0.717, 1.165) is 11.3 Å². The van der Waals surface area contributed by atoms with Gasteiger partial charge in [0, 0.05) is 5.56 Å². The normalized spacial score (nSPS) is 11.3. The van der Waals surface area contributed by atoms with Crippen molar-refractivity contribution in [3.05, 3.63) is 29.3 Å². The molecule has 20 heavy (non-hydrogen) atoms. The molecular formula is C11H13N3O4S2. The van der Waals surface area contributed by atoms with Crippen LogP contribution in [0.15, 0.2) is 28.6 Å². The quantitative estimate of drug-likeness (QED) is 0.831. The molecule has 0 aliphatic rings. The Morgan fingerprint density at radius 3 is 2.85 bits per heavy atom. The Balaban J connectivity index is 2.32. The van der Waals surface area contributed by atoms with Crippen molar-refractivity contribution < 1.29 is 18.3 Å². The number of aliphatic hydroxyl groups is 1. The minimum atomic E-state index is -3.76. The first-order valence-electron chi connectivity index (χ1n) is 5.72. The van der Waals surface area contributed by atoms with Crippen LogP contribution in [-0.4, -0.2) is 30.3 Å². The van der Waals surface area contributed by atoms with E-state index in [0.29, 0.717) is 17.9 Å². The van der Waals surface area contributed by atoms with E-state index in [1.165, 1.54) is 23.7 Å². The van der Waals surface area contributed by atoms with Crippen molar-refractivity contribution in [1.82, 2.24) is 10.2 Å². The van der Waals surface area contributed by atoms with Gasteiger partial charge in [-0.3, -0.25) is 4.72 Å². The molecule has 1 aromatic heterocycles. The number of nitrogens with zero attached hydrogens (tertiary/aromatic N) is 2. The van der Waals surface area contributed by atoms with Crippen LogP contribution in [0.5, 0.6) is 5.75 Å². The molecule has 1 aromatic carbocycles. The van der Waals surface area contributed by atoms with Gasteiger partial charge in [-0.1, -0.05) is 11.3 Å². The molecule has 0 fully saturated rings. The van der Waals surface area contributed by atoms with Crippen LogP contribution in [0.3, 0.4) is 0 Å². The van der Waals surface area contributed by atoms with Crippen LogP contribution >= 0.6 is 11.3 Å². The molecule has 2 rings (SSSR count). The Labute approximate surface area is 120 Å². The number of hydrogen-bond donors (Lipinski definition) is 2. The first-order valence-corrected chi connectivity index (χ1v) is 8.08. The van der Waals surface area contributed by atoms with Gasteiger partial charge in [0.05, 0.1) is 18.1 Å². The molecule has 2 aromatic rings. The second-order valence-electron chi connectivity index (χ2n) is 3.71. The van der Waals surface area contributed by atoms with Gasteiger partial charge >= 0.3 is 0 Å². The smallest absolute Gasteiger partial charge is 0.263 e. The van der Waals surface area contributed by atoms with Crippen molar-refractivity contribution in [3.8, 4) is 5.75 Å². The topological polar surface area (TPSA) is 101 Å². The zero-order chi connectivity index (χ0) is 14.6. The lowest BCUT2D eigenvalue weighted by Gasteiger charge is -2.11. The van der Waals surface area contributed by atoms with Gasteiger partial charge in [-0.2, -0.15) is 0 Å². The molecule has 0 radical (unpaired) electrons. The van der Waals surface area contributed by atoms with Crippen molar-refractivity contribution >= 4 is 26.5 Å². The molecule has 0 spiro atoms. The average Bonchev–Trinajstić information content (AvgIpc) is 2.91. The standard InChI is InChI=1S/C11H13N3O4S2/c1-2-18-10-4-3-9(5-8(10)6-15)20(16,17)14-11-13-12-7-19-11/h3-5,7,15H,2,6H2,1H3,(H,13,14). The Hall–Kier alpha value is -1.71. The third-order valence-corrected chi connectivity index (χ3v) is 4.47. The Morgan fingerprint density at radius 1 is 1.45 bits per heavy atom. The van der Waals surface area contributed by atoms with Crippen molar-refractivity contribution in [2.24, 2.45) is 0 Å². The largest absolute Gasteiger partial charge is 0.494 e. The van der Waals surface area contributed by atoms with Gasteiger partial charge in [-0.15, -0.1) is 10.2 Å². The van der Waals surface area contributed by atoms with Gasteiger partial charge < -0.3 is 9.84 Å². The summed E-state index contributed by atoms with van der Waals surface area (Å²) in [6.07, 6.45) is 0. The summed E-state index contributed by atoms with van der Waals surface area (Å²) >= 11 is 1.08. The number of aromatic nitrogens is 2. The number of rotatable bonds is 6. The lowest BCUT2D eigenvalue weighted by molar-refractivity contribution is 0.266. The lowest BCUT2D eigenvalue weighted by Crippen LogP contribution is -2.13. The van der Waals surface area contributed by atoms with Crippen LogP contribution in [0.1, 0.15) is 12.5 Å². The van der Waals surface area contributed by atoms with Crippen LogP contribution < -0.4 is 9.46 Å². The molecule has 0 saturated carbocycles. The van der Waals surface area contributed by atoms with Crippen LogP contribution in [0.4, 0.5) is 5.13 Å². The number of benzene rings is 1. The van der Waals surface area contributed by atoms with Crippen LogP contribution in [-0.2, 0) is 16.6 Å². The molecule has 0 aliphatic carbocycles. The number of nitrogens with one attached hydrogen (secondary N) is 1. The Morgan fingerprint density at radius 2 is 2.25 bits per heavy atom. The third-order valence-electron chi connectivity index (χ3n) is 2.39. The minimum absolute atomic E-state index is 0.0280. The summed E-state index contributed by atoms with van der Waals surface area (Å²) in [5.74, 6) is 0.463. The summed E-state index contributed by atoms with van der Waals surface area (Å²) in [6, 6.07) is 4.30. The van der Waals surface area contributed by atoms with E-state index in [1.807, 2.05) is 6.92 Å². The van der Waals surface area contributed by atoms with Gasteiger partial charge in [-0.05, 0) is 25.1 Å². The molecule has 0 aliphatic heterocycles. The highest BCUT2D eigenvalue weighted by Crippen LogP contribution is 2.24. The highest BCUT2D eigenvalue weighted by molar-refractivity contribution is 7.93. The minimum Gasteiger partial charge on any atom is -0.494 e. The first kappa shape index (κ1) is 14.7. The van der Waals surface area contributed by atoms with Gasteiger partial charge in [0.15, 0.2) is 0 Å². The second kappa shape index (κ2) is 6.16. The summed E-state index contributed by atoms with van der Waals surface area (Å²) in [7, 11) is -3.76. The van der Waals surface area contributed by atoms with Crippen LogP contribution in [0, 0.1) is 0 Å². The number of aliphatic hydroxyl groups excluding tert-OH is 1. The molecule has 9 heteroatoms. The molecule has 0 amide bonds.